The fourth-order valence-electron chi connectivity index (χ4n) is 2.50. The van der Waals surface area contributed by atoms with E-state index in [1.54, 1.807) is 0 Å². The zero-order valence-electron chi connectivity index (χ0n) is 12.1. The van der Waals surface area contributed by atoms with Gasteiger partial charge in [-0.1, -0.05) is 6.92 Å². The third-order valence-corrected chi connectivity index (χ3v) is 3.76. The van der Waals surface area contributed by atoms with Gasteiger partial charge in [0.2, 0.25) is 0 Å². The highest BCUT2D eigenvalue weighted by atomic mass is 16.3. The molecule has 1 fully saturated rings. The van der Waals surface area contributed by atoms with Crippen LogP contribution in [0, 0.1) is 0 Å². The van der Waals surface area contributed by atoms with Crippen LogP contribution in [0.4, 0.5) is 5.69 Å². The second kappa shape index (κ2) is 7.29. The Labute approximate surface area is 120 Å². The summed E-state index contributed by atoms with van der Waals surface area (Å²) in [7, 11) is 0. The van der Waals surface area contributed by atoms with Gasteiger partial charge in [0.05, 0.1) is 6.10 Å². The van der Waals surface area contributed by atoms with Gasteiger partial charge in [0.25, 0.3) is 5.91 Å². The fourth-order valence-corrected chi connectivity index (χ4v) is 2.50. The summed E-state index contributed by atoms with van der Waals surface area (Å²) in [5, 5.41) is 15.8. The Morgan fingerprint density at radius 1 is 1.20 bits per heavy atom. The minimum absolute atomic E-state index is 0.0200. The quantitative estimate of drug-likeness (QED) is 0.774. The lowest BCUT2D eigenvalue weighted by molar-refractivity contribution is 0.0867. The Hall–Kier alpha value is -1.55. The number of benzene rings is 1. The topological polar surface area (TPSA) is 61.4 Å². The van der Waals surface area contributed by atoms with Crippen LogP contribution < -0.4 is 10.6 Å². The van der Waals surface area contributed by atoms with Crippen LogP contribution in [0.3, 0.4) is 0 Å². The number of anilines is 1. The van der Waals surface area contributed by atoms with Gasteiger partial charge in [0, 0.05) is 23.8 Å². The van der Waals surface area contributed by atoms with Crippen molar-refractivity contribution in [2.75, 3.05) is 11.9 Å². The van der Waals surface area contributed by atoms with E-state index in [1.807, 2.05) is 24.3 Å². The summed E-state index contributed by atoms with van der Waals surface area (Å²) in [6.07, 6.45) is 4.18. The highest BCUT2D eigenvalue weighted by Gasteiger charge is 2.21. The molecule has 4 heteroatoms. The molecule has 1 aliphatic rings. The maximum absolute atomic E-state index is 12.1. The molecule has 0 unspecified atom stereocenters. The van der Waals surface area contributed by atoms with Crippen LogP contribution in [0.15, 0.2) is 24.3 Å². The lowest BCUT2D eigenvalue weighted by Gasteiger charge is -2.26. The van der Waals surface area contributed by atoms with E-state index in [4.69, 9.17) is 0 Å². The molecular weight excluding hydrogens is 252 g/mol. The summed E-state index contributed by atoms with van der Waals surface area (Å²) < 4.78 is 0. The monoisotopic (exact) mass is 276 g/mol. The van der Waals surface area contributed by atoms with Gasteiger partial charge in [0.15, 0.2) is 0 Å². The summed E-state index contributed by atoms with van der Waals surface area (Å²) in [4.78, 5) is 12.1. The lowest BCUT2D eigenvalue weighted by atomic mass is 9.93. The highest BCUT2D eigenvalue weighted by molar-refractivity contribution is 5.94. The molecule has 110 valence electrons. The van der Waals surface area contributed by atoms with Gasteiger partial charge in [-0.05, 0) is 56.4 Å². The highest BCUT2D eigenvalue weighted by Crippen LogP contribution is 2.19. The molecular formula is C16H24N2O2. The van der Waals surface area contributed by atoms with Gasteiger partial charge in [-0.3, -0.25) is 4.79 Å². The maximum Gasteiger partial charge on any atom is 0.251 e. The average Bonchev–Trinajstić information content (AvgIpc) is 2.48. The second-order valence-corrected chi connectivity index (χ2v) is 5.48. The Kier molecular flexibility index (Phi) is 5.41. The van der Waals surface area contributed by atoms with E-state index in [2.05, 4.69) is 17.6 Å². The molecule has 4 nitrogen and oxygen atoms in total. The molecule has 0 radical (unpaired) electrons. The minimum atomic E-state index is -0.188. The molecule has 1 aliphatic carbocycles. The van der Waals surface area contributed by atoms with Crippen molar-refractivity contribution in [2.45, 2.75) is 51.2 Å². The Bertz CT molecular complexity index is 423. The summed E-state index contributed by atoms with van der Waals surface area (Å²) in [6, 6.07) is 7.78. The SMILES string of the molecule is CCCNc1ccc(C(=O)NC2CCC(O)CC2)cc1. The van der Waals surface area contributed by atoms with E-state index in [-0.39, 0.29) is 18.1 Å². The number of carbonyl (C=O) groups excluding carboxylic acids is 1. The van der Waals surface area contributed by atoms with Crippen molar-refractivity contribution in [3.63, 3.8) is 0 Å². The first-order valence-electron chi connectivity index (χ1n) is 7.52. The summed E-state index contributed by atoms with van der Waals surface area (Å²) in [6.45, 7) is 3.06. The van der Waals surface area contributed by atoms with Gasteiger partial charge < -0.3 is 15.7 Å². The number of rotatable bonds is 5. The van der Waals surface area contributed by atoms with Crippen molar-refractivity contribution in [3.05, 3.63) is 29.8 Å². The molecule has 0 atom stereocenters. The van der Waals surface area contributed by atoms with E-state index < -0.39 is 0 Å². The molecule has 2 rings (SSSR count). The predicted octanol–water partition coefficient (Wildman–Crippen LogP) is 2.54. The van der Waals surface area contributed by atoms with E-state index in [0.717, 1.165) is 44.3 Å². The Balaban J connectivity index is 1.85. The van der Waals surface area contributed by atoms with Crippen LogP contribution in [-0.2, 0) is 0 Å². The Morgan fingerprint density at radius 3 is 2.45 bits per heavy atom. The van der Waals surface area contributed by atoms with Gasteiger partial charge >= 0.3 is 0 Å². The first-order chi connectivity index (χ1) is 9.69. The van der Waals surface area contributed by atoms with Crippen LogP contribution >= 0.6 is 0 Å². The van der Waals surface area contributed by atoms with Crippen molar-refractivity contribution in [1.29, 1.82) is 0 Å². The van der Waals surface area contributed by atoms with Gasteiger partial charge in [-0.2, -0.15) is 0 Å². The number of carbonyl (C=O) groups is 1. The van der Waals surface area contributed by atoms with E-state index in [1.165, 1.54) is 0 Å². The van der Waals surface area contributed by atoms with Crippen LogP contribution in [0.1, 0.15) is 49.4 Å². The molecule has 0 heterocycles. The molecule has 20 heavy (non-hydrogen) atoms. The van der Waals surface area contributed by atoms with Crippen molar-refractivity contribution in [3.8, 4) is 0 Å². The molecule has 0 spiro atoms. The van der Waals surface area contributed by atoms with Crippen molar-refractivity contribution in [2.24, 2.45) is 0 Å². The number of amides is 1. The maximum atomic E-state index is 12.1. The molecule has 3 N–H and O–H groups in total. The fraction of sp³-hybridized carbons (Fsp3) is 0.562. The van der Waals surface area contributed by atoms with E-state index in [0.29, 0.717) is 5.56 Å². The minimum Gasteiger partial charge on any atom is -0.393 e. The standard InChI is InChI=1S/C16H24N2O2/c1-2-11-17-13-5-3-12(4-6-13)16(20)18-14-7-9-15(19)10-8-14/h3-6,14-15,17,19H,2,7-11H2,1H3,(H,18,20). The number of hydrogen-bond donors (Lipinski definition) is 3. The van der Waals surface area contributed by atoms with E-state index in [9.17, 15) is 9.90 Å². The third kappa shape index (κ3) is 4.23. The molecule has 1 amide bonds. The molecule has 0 bridgehead atoms. The van der Waals surface area contributed by atoms with Crippen molar-refractivity contribution >= 4 is 11.6 Å². The summed E-state index contributed by atoms with van der Waals surface area (Å²) in [5.74, 6) is -0.0200. The zero-order chi connectivity index (χ0) is 14.4. The first kappa shape index (κ1) is 14.9. The predicted molar refractivity (Wildman–Crippen MR) is 81.0 cm³/mol. The molecule has 1 aromatic rings. The molecule has 1 aromatic carbocycles. The van der Waals surface area contributed by atoms with Crippen LogP contribution in [0.5, 0.6) is 0 Å². The van der Waals surface area contributed by atoms with Crippen LogP contribution in [-0.4, -0.2) is 29.7 Å². The number of aliphatic hydroxyl groups is 1. The Morgan fingerprint density at radius 2 is 1.85 bits per heavy atom. The number of nitrogens with one attached hydrogen (secondary N) is 2. The molecule has 0 saturated heterocycles. The molecule has 0 aliphatic heterocycles. The van der Waals surface area contributed by atoms with Crippen LogP contribution in [0.2, 0.25) is 0 Å². The van der Waals surface area contributed by atoms with Gasteiger partial charge in [-0.25, -0.2) is 0 Å². The second-order valence-electron chi connectivity index (χ2n) is 5.48. The molecule has 0 aromatic heterocycles. The lowest BCUT2D eigenvalue weighted by Crippen LogP contribution is -2.38. The first-order valence-corrected chi connectivity index (χ1v) is 7.52. The van der Waals surface area contributed by atoms with Crippen molar-refractivity contribution < 1.29 is 9.90 Å². The smallest absolute Gasteiger partial charge is 0.251 e. The van der Waals surface area contributed by atoms with E-state index >= 15 is 0 Å². The van der Waals surface area contributed by atoms with Crippen LogP contribution in [0.25, 0.3) is 0 Å². The average molecular weight is 276 g/mol. The normalized spacial score (nSPS) is 22.3. The summed E-state index contributed by atoms with van der Waals surface area (Å²) in [5.41, 5.74) is 1.74. The molecule has 1 saturated carbocycles. The van der Waals surface area contributed by atoms with Gasteiger partial charge in [0.1, 0.15) is 0 Å². The number of aliphatic hydroxyl groups excluding tert-OH is 1. The zero-order valence-corrected chi connectivity index (χ0v) is 12.1. The summed E-state index contributed by atoms with van der Waals surface area (Å²) >= 11 is 0. The van der Waals surface area contributed by atoms with Crippen molar-refractivity contribution in [1.82, 2.24) is 5.32 Å². The largest absolute Gasteiger partial charge is 0.393 e. The van der Waals surface area contributed by atoms with Gasteiger partial charge in [-0.15, -0.1) is 0 Å². The third-order valence-electron chi connectivity index (χ3n) is 3.76. The number of hydrogen-bond acceptors (Lipinski definition) is 3.